The molecular formula is C9H8ClNOS. The number of rotatable bonds is 1. The Bertz CT molecular complexity index is 452. The molecule has 13 heavy (non-hydrogen) atoms. The maximum Gasteiger partial charge on any atom is 0.203 e. The molecule has 0 aliphatic carbocycles. The van der Waals surface area contributed by atoms with Crippen molar-refractivity contribution in [1.29, 1.82) is 0 Å². The highest BCUT2D eigenvalue weighted by Gasteiger charge is 2.10. The number of thioether (sulfide) groups is 1. The molecule has 0 spiro atoms. The molecule has 2 aromatic rings. The summed E-state index contributed by atoms with van der Waals surface area (Å²) in [5.74, 6) is 0.190. The molecule has 0 amide bonds. The summed E-state index contributed by atoms with van der Waals surface area (Å²) in [6.07, 6.45) is 1.92. The highest BCUT2D eigenvalue weighted by Crippen LogP contribution is 2.36. The van der Waals surface area contributed by atoms with Crippen molar-refractivity contribution in [2.24, 2.45) is 0 Å². The van der Waals surface area contributed by atoms with Gasteiger partial charge in [-0.25, -0.2) is 0 Å². The van der Waals surface area contributed by atoms with Gasteiger partial charge in [-0.1, -0.05) is 23.7 Å². The second-order valence-electron chi connectivity index (χ2n) is 2.67. The topological polar surface area (TPSA) is 36.0 Å². The van der Waals surface area contributed by atoms with Crippen LogP contribution in [0.4, 0.5) is 0 Å². The van der Waals surface area contributed by atoms with Crippen LogP contribution in [0.5, 0.6) is 5.88 Å². The number of hydrogen-bond donors (Lipinski definition) is 2. The molecule has 0 unspecified atom stereocenters. The lowest BCUT2D eigenvalue weighted by atomic mass is 10.2. The highest BCUT2D eigenvalue weighted by molar-refractivity contribution is 7.99. The van der Waals surface area contributed by atoms with Crippen LogP contribution in [0, 0.1) is 0 Å². The van der Waals surface area contributed by atoms with E-state index in [1.807, 2.05) is 18.4 Å². The smallest absolute Gasteiger partial charge is 0.203 e. The van der Waals surface area contributed by atoms with Crippen LogP contribution < -0.4 is 0 Å². The number of nitrogens with one attached hydrogen (secondary N) is 1. The fourth-order valence-electron chi connectivity index (χ4n) is 1.35. The first kappa shape index (κ1) is 8.78. The van der Waals surface area contributed by atoms with Crippen LogP contribution in [0.15, 0.2) is 23.1 Å². The van der Waals surface area contributed by atoms with Crippen molar-refractivity contribution in [3.63, 3.8) is 0 Å². The highest BCUT2D eigenvalue weighted by atomic mass is 35.5. The van der Waals surface area contributed by atoms with Crippen molar-refractivity contribution in [2.45, 2.75) is 4.90 Å². The Morgan fingerprint density at radius 2 is 2.23 bits per heavy atom. The summed E-state index contributed by atoms with van der Waals surface area (Å²) < 4.78 is 0. The molecule has 2 rings (SSSR count). The van der Waals surface area contributed by atoms with Crippen LogP contribution in [0.2, 0.25) is 5.02 Å². The molecule has 2 nitrogen and oxygen atoms in total. The predicted molar refractivity (Wildman–Crippen MR) is 56.8 cm³/mol. The number of aromatic nitrogens is 1. The van der Waals surface area contributed by atoms with E-state index in [9.17, 15) is 5.11 Å². The van der Waals surface area contributed by atoms with E-state index in [0.717, 1.165) is 15.8 Å². The normalized spacial score (nSPS) is 10.9. The molecule has 0 fully saturated rings. The van der Waals surface area contributed by atoms with Gasteiger partial charge < -0.3 is 10.1 Å². The summed E-state index contributed by atoms with van der Waals surface area (Å²) >= 11 is 7.45. The van der Waals surface area contributed by atoms with Gasteiger partial charge in [0, 0.05) is 5.39 Å². The SMILES string of the molecule is CSc1c(O)[nH]c2c(Cl)cccc12. The van der Waals surface area contributed by atoms with Gasteiger partial charge in [0.1, 0.15) is 0 Å². The van der Waals surface area contributed by atoms with E-state index in [4.69, 9.17) is 11.6 Å². The average Bonchev–Trinajstić information content (AvgIpc) is 2.43. The molecule has 0 aliphatic heterocycles. The fourth-order valence-corrected chi connectivity index (χ4v) is 2.21. The minimum Gasteiger partial charge on any atom is -0.494 e. The van der Waals surface area contributed by atoms with Gasteiger partial charge in [0.05, 0.1) is 15.4 Å². The summed E-state index contributed by atoms with van der Waals surface area (Å²) in [4.78, 5) is 3.69. The van der Waals surface area contributed by atoms with Gasteiger partial charge in [0.2, 0.25) is 5.88 Å². The summed E-state index contributed by atoms with van der Waals surface area (Å²) in [6, 6.07) is 5.60. The monoisotopic (exact) mass is 213 g/mol. The zero-order chi connectivity index (χ0) is 9.42. The first-order valence-corrected chi connectivity index (χ1v) is 5.37. The molecule has 0 radical (unpaired) electrons. The Hall–Kier alpha value is -0.800. The molecule has 4 heteroatoms. The number of halogens is 1. The molecule has 0 saturated heterocycles. The van der Waals surface area contributed by atoms with Crippen LogP contribution >= 0.6 is 23.4 Å². The molecule has 2 N–H and O–H groups in total. The predicted octanol–water partition coefficient (Wildman–Crippen LogP) is 3.25. The largest absolute Gasteiger partial charge is 0.494 e. The lowest BCUT2D eigenvalue weighted by Crippen LogP contribution is -1.69. The van der Waals surface area contributed by atoms with Crippen LogP contribution in [-0.2, 0) is 0 Å². The zero-order valence-corrected chi connectivity index (χ0v) is 8.54. The van der Waals surface area contributed by atoms with Crippen LogP contribution in [0.3, 0.4) is 0 Å². The third-order valence-electron chi connectivity index (χ3n) is 1.92. The first-order valence-electron chi connectivity index (χ1n) is 3.77. The standard InChI is InChI=1S/C9H8ClNOS/c1-13-8-5-3-2-4-6(10)7(5)11-9(8)12/h2-4,11-12H,1H3. The number of aromatic amines is 1. The summed E-state index contributed by atoms with van der Waals surface area (Å²) in [7, 11) is 0. The first-order chi connectivity index (χ1) is 6.24. The number of para-hydroxylation sites is 1. The van der Waals surface area contributed by atoms with Gasteiger partial charge in [-0.15, -0.1) is 11.8 Å². The lowest BCUT2D eigenvalue weighted by molar-refractivity contribution is 0.446. The molecule has 0 aliphatic rings. The molecular weight excluding hydrogens is 206 g/mol. The van der Waals surface area contributed by atoms with Crippen molar-refractivity contribution in [3.8, 4) is 5.88 Å². The van der Waals surface area contributed by atoms with E-state index in [2.05, 4.69) is 4.98 Å². The van der Waals surface area contributed by atoms with Gasteiger partial charge in [0.25, 0.3) is 0 Å². The zero-order valence-electron chi connectivity index (χ0n) is 6.97. The van der Waals surface area contributed by atoms with E-state index >= 15 is 0 Å². The van der Waals surface area contributed by atoms with Gasteiger partial charge in [-0.2, -0.15) is 0 Å². The fraction of sp³-hybridized carbons (Fsp3) is 0.111. The van der Waals surface area contributed by atoms with Gasteiger partial charge in [0.15, 0.2) is 0 Å². The van der Waals surface area contributed by atoms with Crippen LogP contribution in [0.1, 0.15) is 0 Å². The Balaban J connectivity index is 2.86. The molecule has 0 saturated carbocycles. The molecule has 1 aromatic carbocycles. The number of fused-ring (bicyclic) bond motifs is 1. The second-order valence-corrected chi connectivity index (χ2v) is 3.89. The molecule has 1 aromatic heterocycles. The molecule has 0 atom stereocenters. The van der Waals surface area contributed by atoms with E-state index in [-0.39, 0.29) is 5.88 Å². The van der Waals surface area contributed by atoms with Crippen molar-refractivity contribution in [3.05, 3.63) is 23.2 Å². The Morgan fingerprint density at radius 3 is 2.92 bits per heavy atom. The maximum absolute atomic E-state index is 9.52. The molecule has 0 bridgehead atoms. The van der Waals surface area contributed by atoms with Crippen molar-refractivity contribution in [1.82, 2.24) is 4.98 Å². The van der Waals surface area contributed by atoms with E-state index in [0.29, 0.717) is 5.02 Å². The molecule has 1 heterocycles. The van der Waals surface area contributed by atoms with Crippen molar-refractivity contribution in [2.75, 3.05) is 6.26 Å². The lowest BCUT2D eigenvalue weighted by Gasteiger charge is -1.93. The number of hydrogen-bond acceptors (Lipinski definition) is 2. The summed E-state index contributed by atoms with van der Waals surface area (Å²) in [5.41, 5.74) is 0.797. The van der Waals surface area contributed by atoms with Gasteiger partial charge >= 0.3 is 0 Å². The minimum atomic E-state index is 0.190. The maximum atomic E-state index is 9.52. The Morgan fingerprint density at radius 1 is 1.46 bits per heavy atom. The number of H-pyrrole nitrogens is 1. The minimum absolute atomic E-state index is 0.190. The summed E-state index contributed by atoms with van der Waals surface area (Å²) in [6.45, 7) is 0. The third kappa shape index (κ3) is 1.28. The quantitative estimate of drug-likeness (QED) is 0.714. The van der Waals surface area contributed by atoms with Gasteiger partial charge in [-0.05, 0) is 12.3 Å². The summed E-state index contributed by atoms with van der Waals surface area (Å²) in [5, 5.41) is 11.1. The number of aromatic hydroxyl groups is 1. The third-order valence-corrected chi connectivity index (χ3v) is 3.06. The Kier molecular flexibility index (Phi) is 2.14. The van der Waals surface area contributed by atoms with Crippen LogP contribution in [0.25, 0.3) is 10.9 Å². The average molecular weight is 214 g/mol. The van der Waals surface area contributed by atoms with E-state index in [1.54, 1.807) is 6.07 Å². The molecule has 68 valence electrons. The van der Waals surface area contributed by atoms with Crippen molar-refractivity contribution >= 4 is 34.3 Å². The number of benzene rings is 1. The second kappa shape index (κ2) is 3.16. The van der Waals surface area contributed by atoms with Crippen LogP contribution in [-0.4, -0.2) is 16.3 Å². The van der Waals surface area contributed by atoms with E-state index < -0.39 is 0 Å². The van der Waals surface area contributed by atoms with E-state index in [1.165, 1.54) is 11.8 Å². The van der Waals surface area contributed by atoms with Gasteiger partial charge in [-0.3, -0.25) is 0 Å². The van der Waals surface area contributed by atoms with Crippen molar-refractivity contribution < 1.29 is 5.11 Å². The Labute approximate surface area is 84.9 Å².